The molecule has 0 heterocycles. The summed E-state index contributed by atoms with van der Waals surface area (Å²) in [5, 5.41) is 9.79. The summed E-state index contributed by atoms with van der Waals surface area (Å²) < 4.78 is 0. The van der Waals surface area contributed by atoms with Crippen LogP contribution in [0.15, 0.2) is 0 Å². The van der Waals surface area contributed by atoms with Crippen molar-refractivity contribution in [3.05, 3.63) is 0 Å². The number of unbranched alkanes of at least 4 members (excludes halogenated alkanes) is 11. The average molecular weight is 344 g/mol. The molecule has 0 unspecified atom stereocenters. The minimum absolute atomic E-state index is 0.257. The number of rotatable bonds is 15. The Kier molecular flexibility index (Phi) is 15.7. The molecule has 0 aliphatic rings. The zero-order chi connectivity index (χ0) is 18.0. The lowest BCUT2D eigenvalue weighted by Crippen LogP contribution is -2.33. The Morgan fingerprint density at radius 1 is 0.750 bits per heavy atom. The van der Waals surface area contributed by atoms with E-state index in [1.54, 1.807) is 0 Å². The number of carbonyl (C=O) groups is 2. The van der Waals surface area contributed by atoms with E-state index in [0.717, 1.165) is 37.2 Å². The first-order chi connectivity index (χ1) is 11.6. The lowest BCUT2D eigenvalue weighted by molar-refractivity contribution is -0.180. The Morgan fingerprint density at radius 2 is 1.21 bits per heavy atom. The number of hydroxylamine groups is 2. The Morgan fingerprint density at radius 3 is 1.71 bits per heavy atom. The molecule has 0 aromatic rings. The van der Waals surface area contributed by atoms with Crippen LogP contribution in [0.25, 0.3) is 0 Å². The van der Waals surface area contributed by atoms with Crippen LogP contribution in [0.5, 0.6) is 0 Å². The average Bonchev–Trinajstić information content (AvgIpc) is 2.55. The van der Waals surface area contributed by atoms with Crippen LogP contribution in [-0.4, -0.2) is 28.8 Å². The normalized spacial score (nSPS) is 10.6. The Balaban J connectivity index is 3.57. The van der Waals surface area contributed by atoms with E-state index in [9.17, 15) is 9.59 Å². The topological polar surface area (TPSA) is 66.8 Å². The highest BCUT2D eigenvalue weighted by molar-refractivity contribution is 5.72. The quantitative estimate of drug-likeness (QED) is 0.296. The predicted octanol–water partition coefficient (Wildman–Crippen LogP) is 5.93. The molecule has 1 N–H and O–H groups in total. The van der Waals surface area contributed by atoms with Crippen molar-refractivity contribution in [3.8, 4) is 0 Å². The third kappa shape index (κ3) is 14.3. The zero-order valence-corrected chi connectivity index (χ0v) is 15.7. The van der Waals surface area contributed by atoms with Crippen molar-refractivity contribution in [3.63, 3.8) is 0 Å². The van der Waals surface area contributed by atoms with Crippen molar-refractivity contribution in [2.24, 2.45) is 0 Å². The third-order valence-electron chi connectivity index (χ3n) is 4.12. The molecule has 0 saturated heterocycles. The number of hydrogen-bond donors (Lipinski definition) is 1. The Labute approximate surface area is 147 Å². The van der Waals surface area contributed by atoms with Gasteiger partial charge in [0.1, 0.15) is 0 Å². The lowest BCUT2D eigenvalue weighted by atomic mass is 10.1. The highest BCUT2D eigenvalue weighted by Gasteiger charge is 2.16. The van der Waals surface area contributed by atoms with Gasteiger partial charge in [0, 0.05) is 6.42 Å². The van der Waals surface area contributed by atoms with Crippen molar-refractivity contribution in [2.75, 3.05) is 6.54 Å². The van der Waals surface area contributed by atoms with Gasteiger partial charge in [-0.3, -0.25) is 0 Å². The second-order valence-electron chi connectivity index (χ2n) is 6.49. The summed E-state index contributed by atoms with van der Waals surface area (Å²) in [7, 11) is 0. The van der Waals surface area contributed by atoms with Crippen LogP contribution >= 0.6 is 0 Å². The van der Waals surface area contributed by atoms with Gasteiger partial charge in [0.15, 0.2) is 0 Å². The van der Waals surface area contributed by atoms with Crippen molar-refractivity contribution < 1.29 is 19.5 Å². The van der Waals surface area contributed by atoms with Gasteiger partial charge in [0.2, 0.25) is 0 Å². The summed E-state index contributed by atoms with van der Waals surface area (Å²) in [6.07, 6.45) is 13.8. The second kappa shape index (κ2) is 16.6. The van der Waals surface area contributed by atoms with Crippen LogP contribution < -0.4 is 0 Å². The van der Waals surface area contributed by atoms with E-state index in [1.165, 1.54) is 44.9 Å². The minimum atomic E-state index is -1.19. The van der Waals surface area contributed by atoms with Gasteiger partial charge in [-0.2, -0.15) is 0 Å². The monoisotopic (exact) mass is 343 g/mol. The van der Waals surface area contributed by atoms with E-state index in [2.05, 4.69) is 6.92 Å². The van der Waals surface area contributed by atoms with Gasteiger partial charge in [0.05, 0.1) is 6.54 Å². The van der Waals surface area contributed by atoms with Crippen LogP contribution in [0.2, 0.25) is 0 Å². The van der Waals surface area contributed by atoms with Crippen LogP contribution in [0.4, 0.5) is 4.79 Å². The van der Waals surface area contributed by atoms with Gasteiger partial charge < -0.3 is 9.94 Å². The van der Waals surface area contributed by atoms with Crippen molar-refractivity contribution in [1.82, 2.24) is 5.06 Å². The van der Waals surface area contributed by atoms with Gasteiger partial charge in [-0.25, -0.2) is 9.59 Å². The third-order valence-corrected chi connectivity index (χ3v) is 4.12. The molecule has 0 atom stereocenters. The molecule has 0 spiro atoms. The smallest absolute Gasteiger partial charge is 0.440 e. The fourth-order valence-electron chi connectivity index (χ4n) is 2.61. The SMILES string of the molecule is CCCCCCCCCCCCC(=O)ON(CCCCC)C(=O)O. The van der Waals surface area contributed by atoms with E-state index in [1.807, 2.05) is 6.92 Å². The van der Waals surface area contributed by atoms with Crippen LogP contribution in [0.1, 0.15) is 104 Å². The van der Waals surface area contributed by atoms with E-state index < -0.39 is 12.1 Å². The molecule has 5 heteroatoms. The molecular weight excluding hydrogens is 306 g/mol. The summed E-state index contributed by atoms with van der Waals surface area (Å²) in [5.74, 6) is -0.437. The number of hydrogen-bond acceptors (Lipinski definition) is 3. The molecule has 0 bridgehead atoms. The maximum absolute atomic E-state index is 11.7. The van der Waals surface area contributed by atoms with Gasteiger partial charge in [-0.15, -0.1) is 5.06 Å². The van der Waals surface area contributed by atoms with Gasteiger partial charge in [-0.1, -0.05) is 84.5 Å². The van der Waals surface area contributed by atoms with E-state index >= 15 is 0 Å². The first kappa shape index (κ1) is 22.7. The molecule has 0 aliphatic carbocycles. The van der Waals surface area contributed by atoms with Gasteiger partial charge in [0.25, 0.3) is 0 Å². The summed E-state index contributed by atoms with van der Waals surface area (Å²) in [6.45, 7) is 4.53. The lowest BCUT2D eigenvalue weighted by Gasteiger charge is -2.17. The molecule has 0 saturated carbocycles. The fourth-order valence-corrected chi connectivity index (χ4v) is 2.61. The standard InChI is InChI=1S/C19H37NO4/c1-3-5-7-8-9-10-11-12-13-14-16-18(21)24-20(19(22)23)17-15-6-4-2/h3-17H2,1-2H3,(H,22,23). The fraction of sp³-hybridized carbons (Fsp3) is 0.895. The van der Waals surface area contributed by atoms with Crippen LogP contribution in [0, 0.1) is 0 Å². The second-order valence-corrected chi connectivity index (χ2v) is 6.49. The van der Waals surface area contributed by atoms with E-state index in [-0.39, 0.29) is 6.54 Å². The molecule has 24 heavy (non-hydrogen) atoms. The van der Waals surface area contributed by atoms with Gasteiger partial charge in [-0.05, 0) is 12.8 Å². The predicted molar refractivity (Wildman–Crippen MR) is 96.8 cm³/mol. The summed E-state index contributed by atoms with van der Waals surface area (Å²) >= 11 is 0. The van der Waals surface area contributed by atoms with Crippen LogP contribution in [-0.2, 0) is 9.63 Å². The first-order valence-corrected chi connectivity index (χ1v) is 9.83. The van der Waals surface area contributed by atoms with Crippen molar-refractivity contribution >= 4 is 12.1 Å². The molecule has 0 radical (unpaired) electrons. The molecule has 0 aromatic carbocycles. The minimum Gasteiger partial charge on any atom is -0.463 e. The first-order valence-electron chi connectivity index (χ1n) is 9.83. The molecule has 0 aliphatic heterocycles. The van der Waals surface area contributed by atoms with Crippen molar-refractivity contribution in [2.45, 2.75) is 104 Å². The molecule has 5 nitrogen and oxygen atoms in total. The highest BCUT2D eigenvalue weighted by atomic mass is 16.7. The van der Waals surface area contributed by atoms with Gasteiger partial charge >= 0.3 is 12.1 Å². The number of amides is 1. The summed E-state index contributed by atoms with van der Waals surface area (Å²) in [4.78, 5) is 27.7. The Bertz CT molecular complexity index is 320. The molecule has 0 fully saturated rings. The number of nitrogens with zero attached hydrogens (tertiary/aromatic N) is 1. The van der Waals surface area contributed by atoms with E-state index in [0.29, 0.717) is 12.8 Å². The van der Waals surface area contributed by atoms with Crippen LogP contribution in [0.3, 0.4) is 0 Å². The summed E-state index contributed by atoms with van der Waals surface area (Å²) in [5.41, 5.74) is 0. The zero-order valence-electron chi connectivity index (χ0n) is 15.7. The molecule has 1 amide bonds. The highest BCUT2D eigenvalue weighted by Crippen LogP contribution is 2.12. The largest absolute Gasteiger partial charge is 0.463 e. The molecule has 142 valence electrons. The number of carbonyl (C=O) groups excluding carboxylic acids is 1. The molecular formula is C19H37NO4. The van der Waals surface area contributed by atoms with E-state index in [4.69, 9.17) is 9.94 Å². The summed E-state index contributed by atoms with van der Waals surface area (Å²) in [6, 6.07) is 0. The number of carboxylic acid groups (broad SMARTS) is 1. The maximum atomic E-state index is 11.7. The molecule has 0 aromatic heterocycles. The maximum Gasteiger partial charge on any atom is 0.440 e. The molecule has 0 rings (SSSR count). The Hall–Kier alpha value is -1.26. The van der Waals surface area contributed by atoms with Crippen molar-refractivity contribution in [1.29, 1.82) is 0 Å².